The van der Waals surface area contributed by atoms with Crippen molar-refractivity contribution < 1.29 is 14.6 Å². The lowest BCUT2D eigenvalue weighted by Gasteiger charge is -2.12. The first-order valence-electron chi connectivity index (χ1n) is 10.9. The third-order valence-electron chi connectivity index (χ3n) is 5.60. The molecule has 0 fully saturated rings. The van der Waals surface area contributed by atoms with E-state index in [9.17, 15) is 9.90 Å². The lowest BCUT2D eigenvalue weighted by atomic mass is 9.98. The van der Waals surface area contributed by atoms with Crippen molar-refractivity contribution >= 4 is 17.0 Å². The predicted molar refractivity (Wildman–Crippen MR) is 126 cm³/mol. The highest BCUT2D eigenvalue weighted by molar-refractivity contribution is 6.02. The second-order valence-corrected chi connectivity index (χ2v) is 7.64. The Labute approximate surface area is 195 Å². The summed E-state index contributed by atoms with van der Waals surface area (Å²) in [4.78, 5) is 17.1. The number of hydrogen-bond acceptors (Lipinski definition) is 7. The number of para-hydroxylation sites is 1. The number of imidazole rings is 1. The van der Waals surface area contributed by atoms with E-state index in [0.29, 0.717) is 34.8 Å². The predicted octanol–water partition coefficient (Wildman–Crippen LogP) is 3.60. The third-order valence-corrected chi connectivity index (χ3v) is 5.60. The number of benzene rings is 3. The van der Waals surface area contributed by atoms with Crippen LogP contribution in [0.4, 0.5) is 0 Å². The first-order chi connectivity index (χ1) is 16.7. The second kappa shape index (κ2) is 9.24. The van der Waals surface area contributed by atoms with Gasteiger partial charge >= 0.3 is 5.97 Å². The van der Waals surface area contributed by atoms with Crippen molar-refractivity contribution in [1.29, 1.82) is 0 Å². The minimum atomic E-state index is -0.410. The summed E-state index contributed by atoms with van der Waals surface area (Å²) in [6.07, 6.45) is 0. The number of aliphatic hydroxyl groups excluding tert-OH is 1. The molecular weight excluding hydrogens is 432 g/mol. The van der Waals surface area contributed by atoms with Crippen LogP contribution in [-0.2, 0) is 17.9 Å². The standard InChI is InChI=1S/C25H22N6O3/c1-2-34-25(33)20-8-5-9-21-23(20)31(22(15-32)26-21)14-16-10-12-17(13-11-16)18-6-3-4-7-19(18)24-27-29-30-28-24/h3-13,32H,2,14-15H2,1H3,(H,27,28,29,30). The molecule has 9 nitrogen and oxygen atoms in total. The number of aromatic amines is 1. The number of carbonyl (C=O) groups is 1. The summed E-state index contributed by atoms with van der Waals surface area (Å²) in [6, 6.07) is 21.3. The van der Waals surface area contributed by atoms with E-state index in [1.165, 1.54) is 0 Å². The molecule has 0 radical (unpaired) electrons. The first-order valence-corrected chi connectivity index (χ1v) is 10.9. The van der Waals surface area contributed by atoms with E-state index in [4.69, 9.17) is 4.74 Å². The molecule has 5 rings (SSSR count). The SMILES string of the molecule is CCOC(=O)c1cccc2nc(CO)n(Cc3ccc(-c4ccccc4-c4nn[nH]n4)cc3)c12. The maximum atomic E-state index is 12.5. The van der Waals surface area contributed by atoms with Crippen molar-refractivity contribution in [1.82, 2.24) is 30.2 Å². The zero-order valence-electron chi connectivity index (χ0n) is 18.5. The highest BCUT2D eigenvalue weighted by Crippen LogP contribution is 2.30. The van der Waals surface area contributed by atoms with Crippen LogP contribution in [0.5, 0.6) is 0 Å². The Balaban J connectivity index is 1.51. The normalized spacial score (nSPS) is 11.1. The van der Waals surface area contributed by atoms with Gasteiger partial charge in [-0.1, -0.05) is 54.6 Å². The molecule has 0 unspecified atom stereocenters. The number of nitrogens with one attached hydrogen (secondary N) is 1. The van der Waals surface area contributed by atoms with E-state index in [-0.39, 0.29) is 13.2 Å². The van der Waals surface area contributed by atoms with Crippen molar-refractivity contribution in [2.45, 2.75) is 20.1 Å². The zero-order valence-corrected chi connectivity index (χ0v) is 18.5. The van der Waals surface area contributed by atoms with Gasteiger partial charge in [0.2, 0.25) is 5.82 Å². The van der Waals surface area contributed by atoms with Gasteiger partial charge in [-0.3, -0.25) is 0 Å². The number of hydrogen-bond donors (Lipinski definition) is 2. The number of H-pyrrole nitrogens is 1. The Morgan fingerprint density at radius 1 is 1.03 bits per heavy atom. The van der Waals surface area contributed by atoms with E-state index in [0.717, 1.165) is 22.3 Å². The minimum absolute atomic E-state index is 0.243. The number of rotatable bonds is 7. The molecule has 0 saturated carbocycles. The van der Waals surface area contributed by atoms with Gasteiger partial charge in [-0.05, 0) is 41.0 Å². The fourth-order valence-electron chi connectivity index (χ4n) is 4.08. The van der Waals surface area contributed by atoms with Crippen LogP contribution in [0.1, 0.15) is 28.7 Å². The highest BCUT2D eigenvalue weighted by atomic mass is 16.5. The van der Waals surface area contributed by atoms with Crippen LogP contribution in [0, 0.1) is 0 Å². The van der Waals surface area contributed by atoms with Crippen molar-refractivity contribution in [2.24, 2.45) is 0 Å². The van der Waals surface area contributed by atoms with E-state index >= 15 is 0 Å². The van der Waals surface area contributed by atoms with Gasteiger partial charge < -0.3 is 14.4 Å². The van der Waals surface area contributed by atoms with E-state index in [1.807, 2.05) is 59.2 Å². The van der Waals surface area contributed by atoms with Crippen LogP contribution in [0.2, 0.25) is 0 Å². The largest absolute Gasteiger partial charge is 0.462 e. The second-order valence-electron chi connectivity index (χ2n) is 7.64. The van der Waals surface area contributed by atoms with Crippen LogP contribution < -0.4 is 0 Å². The number of ether oxygens (including phenoxy) is 1. The van der Waals surface area contributed by atoms with E-state index in [2.05, 4.69) is 25.6 Å². The van der Waals surface area contributed by atoms with Crippen molar-refractivity contribution in [3.05, 3.63) is 83.7 Å². The van der Waals surface area contributed by atoms with Gasteiger partial charge in [-0.15, -0.1) is 10.2 Å². The van der Waals surface area contributed by atoms with Crippen LogP contribution >= 0.6 is 0 Å². The molecule has 0 aliphatic heterocycles. The Hall–Kier alpha value is -4.37. The average molecular weight is 454 g/mol. The number of esters is 1. The first kappa shape index (κ1) is 21.5. The lowest BCUT2D eigenvalue weighted by molar-refractivity contribution is 0.0528. The molecule has 2 aromatic heterocycles. The molecule has 0 spiro atoms. The summed E-state index contributed by atoms with van der Waals surface area (Å²) in [7, 11) is 0. The molecule has 0 bridgehead atoms. The molecule has 3 aromatic carbocycles. The molecule has 170 valence electrons. The molecule has 2 N–H and O–H groups in total. The number of nitrogens with zero attached hydrogens (tertiary/aromatic N) is 5. The fourth-order valence-corrected chi connectivity index (χ4v) is 4.08. The minimum Gasteiger partial charge on any atom is -0.462 e. The van der Waals surface area contributed by atoms with Crippen LogP contribution in [0.15, 0.2) is 66.7 Å². The average Bonchev–Trinajstić information content (AvgIpc) is 3.53. The molecule has 2 heterocycles. The lowest BCUT2D eigenvalue weighted by Crippen LogP contribution is -2.10. The molecule has 5 aromatic rings. The maximum Gasteiger partial charge on any atom is 0.340 e. The smallest absolute Gasteiger partial charge is 0.340 e. The number of fused-ring (bicyclic) bond motifs is 1. The Bertz CT molecular complexity index is 1440. The summed E-state index contributed by atoms with van der Waals surface area (Å²) in [5.41, 5.74) is 5.59. The summed E-state index contributed by atoms with van der Waals surface area (Å²) in [5.74, 6) is 0.606. The molecule has 9 heteroatoms. The molecule has 34 heavy (non-hydrogen) atoms. The third kappa shape index (κ3) is 3.93. The highest BCUT2D eigenvalue weighted by Gasteiger charge is 2.19. The van der Waals surface area contributed by atoms with Crippen LogP contribution in [0.25, 0.3) is 33.5 Å². The summed E-state index contributed by atoms with van der Waals surface area (Å²) >= 11 is 0. The Morgan fingerprint density at radius 3 is 2.53 bits per heavy atom. The van der Waals surface area contributed by atoms with Crippen molar-refractivity contribution in [3.8, 4) is 22.5 Å². The quantitative estimate of drug-likeness (QED) is 0.361. The van der Waals surface area contributed by atoms with Gasteiger partial charge in [0.25, 0.3) is 0 Å². The van der Waals surface area contributed by atoms with Crippen molar-refractivity contribution in [2.75, 3.05) is 6.61 Å². The Kier molecular flexibility index (Phi) is 5.84. The topological polar surface area (TPSA) is 119 Å². The van der Waals surface area contributed by atoms with Gasteiger partial charge in [0.05, 0.1) is 23.2 Å². The number of aromatic nitrogens is 6. The number of carbonyl (C=O) groups excluding carboxylic acids is 1. The van der Waals surface area contributed by atoms with Crippen molar-refractivity contribution in [3.63, 3.8) is 0 Å². The molecule has 0 amide bonds. The van der Waals surface area contributed by atoms with Gasteiger partial charge in [0, 0.05) is 12.1 Å². The molecule has 0 saturated heterocycles. The summed E-state index contributed by atoms with van der Waals surface area (Å²) < 4.78 is 7.10. The maximum absolute atomic E-state index is 12.5. The van der Waals surface area contributed by atoms with Crippen LogP contribution in [0.3, 0.4) is 0 Å². The Morgan fingerprint density at radius 2 is 1.82 bits per heavy atom. The summed E-state index contributed by atoms with van der Waals surface area (Å²) in [6.45, 7) is 2.25. The summed E-state index contributed by atoms with van der Waals surface area (Å²) in [5, 5.41) is 24.3. The number of tetrazole rings is 1. The molecule has 0 aliphatic carbocycles. The van der Waals surface area contributed by atoms with Crippen LogP contribution in [-0.4, -0.2) is 47.9 Å². The van der Waals surface area contributed by atoms with Gasteiger partial charge in [0.1, 0.15) is 12.4 Å². The molecule has 0 atom stereocenters. The molecular formula is C25H22N6O3. The van der Waals surface area contributed by atoms with Gasteiger partial charge in [-0.25, -0.2) is 9.78 Å². The zero-order chi connectivity index (χ0) is 23.5. The molecule has 0 aliphatic rings. The van der Waals surface area contributed by atoms with E-state index < -0.39 is 5.97 Å². The fraction of sp³-hybridized carbons (Fsp3) is 0.160. The number of aliphatic hydroxyl groups is 1. The van der Waals surface area contributed by atoms with Gasteiger partial charge in [0.15, 0.2) is 0 Å². The van der Waals surface area contributed by atoms with Gasteiger partial charge in [-0.2, -0.15) is 5.21 Å². The van der Waals surface area contributed by atoms with E-state index in [1.54, 1.807) is 19.1 Å². The monoisotopic (exact) mass is 454 g/mol.